The molecule has 0 unspecified atom stereocenters. The Morgan fingerprint density at radius 3 is 2.46 bits per heavy atom. The second-order valence-corrected chi connectivity index (χ2v) is 5.99. The fourth-order valence-electron chi connectivity index (χ4n) is 2.11. The van der Waals surface area contributed by atoms with E-state index in [0.29, 0.717) is 16.3 Å². The molecule has 2 amide bonds. The van der Waals surface area contributed by atoms with Crippen LogP contribution in [-0.4, -0.2) is 30.4 Å². The molecule has 2 aromatic carbocycles. The monoisotopic (exact) mass is 374 g/mol. The number of benzene rings is 2. The lowest BCUT2D eigenvalue weighted by Gasteiger charge is -2.15. The fraction of sp³-hybridized carbons (Fsp3) is 0.211. The third-order valence-corrected chi connectivity index (χ3v) is 4.04. The van der Waals surface area contributed by atoms with Crippen molar-refractivity contribution in [3.8, 4) is 0 Å². The van der Waals surface area contributed by atoms with Crippen LogP contribution >= 0.6 is 11.6 Å². The SMILES string of the molecule is Cc1c(Cl)cccc1NC(=O)[C@@H](C)OC(=O)CNC(=O)c1ccccc1. The van der Waals surface area contributed by atoms with Gasteiger partial charge in [-0.3, -0.25) is 14.4 Å². The number of anilines is 1. The molecular weight excluding hydrogens is 356 g/mol. The van der Waals surface area contributed by atoms with Gasteiger partial charge in [-0.05, 0) is 43.7 Å². The third kappa shape index (κ3) is 5.32. The maximum Gasteiger partial charge on any atom is 0.326 e. The summed E-state index contributed by atoms with van der Waals surface area (Å²) >= 11 is 6.01. The average molecular weight is 375 g/mol. The van der Waals surface area contributed by atoms with Crippen LogP contribution < -0.4 is 10.6 Å². The van der Waals surface area contributed by atoms with Gasteiger partial charge in [0.05, 0.1) is 0 Å². The Labute approximate surface area is 156 Å². The predicted molar refractivity (Wildman–Crippen MR) is 99.1 cm³/mol. The van der Waals surface area contributed by atoms with Crippen molar-refractivity contribution in [3.05, 3.63) is 64.7 Å². The maximum absolute atomic E-state index is 12.2. The van der Waals surface area contributed by atoms with Crippen LogP contribution in [0.5, 0.6) is 0 Å². The number of hydrogen-bond donors (Lipinski definition) is 2. The van der Waals surface area contributed by atoms with Gasteiger partial charge in [0.25, 0.3) is 11.8 Å². The van der Waals surface area contributed by atoms with E-state index in [-0.39, 0.29) is 6.54 Å². The Kier molecular flexibility index (Phi) is 6.74. The van der Waals surface area contributed by atoms with Gasteiger partial charge in [0.1, 0.15) is 6.54 Å². The Bertz CT molecular complexity index is 808. The highest BCUT2D eigenvalue weighted by Crippen LogP contribution is 2.23. The molecule has 7 heteroatoms. The van der Waals surface area contributed by atoms with Crippen LogP contribution in [0.3, 0.4) is 0 Å². The standard InChI is InChI=1S/C19H19ClN2O4/c1-12-15(20)9-6-10-16(12)22-18(24)13(2)26-17(23)11-21-19(25)14-7-4-3-5-8-14/h3-10,13H,11H2,1-2H3,(H,21,25)(H,22,24)/t13-/m1/s1. The first kappa shape index (κ1) is 19.5. The van der Waals surface area contributed by atoms with Crippen LogP contribution in [0.2, 0.25) is 5.02 Å². The minimum atomic E-state index is -1.02. The van der Waals surface area contributed by atoms with Gasteiger partial charge >= 0.3 is 5.97 Å². The number of carbonyl (C=O) groups excluding carboxylic acids is 3. The molecule has 0 saturated heterocycles. The second kappa shape index (κ2) is 9.01. The molecule has 0 radical (unpaired) electrons. The highest BCUT2D eigenvalue weighted by molar-refractivity contribution is 6.31. The summed E-state index contributed by atoms with van der Waals surface area (Å²) in [7, 11) is 0. The number of rotatable bonds is 6. The summed E-state index contributed by atoms with van der Waals surface area (Å²) < 4.78 is 5.04. The quantitative estimate of drug-likeness (QED) is 0.761. The van der Waals surface area contributed by atoms with Crippen LogP contribution in [0.25, 0.3) is 0 Å². The van der Waals surface area contributed by atoms with Crippen molar-refractivity contribution in [2.45, 2.75) is 20.0 Å². The van der Waals surface area contributed by atoms with Gasteiger partial charge in [-0.2, -0.15) is 0 Å². The first-order valence-electron chi connectivity index (χ1n) is 7.97. The summed E-state index contributed by atoms with van der Waals surface area (Å²) in [5.74, 6) is -1.59. The van der Waals surface area contributed by atoms with E-state index in [9.17, 15) is 14.4 Å². The molecule has 2 N–H and O–H groups in total. The van der Waals surface area contributed by atoms with Gasteiger partial charge in [0.15, 0.2) is 6.10 Å². The van der Waals surface area contributed by atoms with E-state index in [1.807, 2.05) is 0 Å². The molecule has 0 aromatic heterocycles. The fourth-order valence-corrected chi connectivity index (χ4v) is 2.29. The second-order valence-electron chi connectivity index (χ2n) is 5.58. The van der Waals surface area contributed by atoms with Gasteiger partial charge in [-0.15, -0.1) is 0 Å². The summed E-state index contributed by atoms with van der Waals surface area (Å²) in [5, 5.41) is 5.63. The first-order valence-corrected chi connectivity index (χ1v) is 8.35. The zero-order valence-corrected chi connectivity index (χ0v) is 15.2. The molecule has 0 aliphatic heterocycles. The molecule has 0 aliphatic carbocycles. The van der Waals surface area contributed by atoms with Gasteiger partial charge in [0, 0.05) is 16.3 Å². The molecule has 136 valence electrons. The zero-order chi connectivity index (χ0) is 19.1. The molecule has 0 heterocycles. The summed E-state index contributed by atoms with van der Waals surface area (Å²) in [4.78, 5) is 35.9. The van der Waals surface area contributed by atoms with Gasteiger partial charge in [0.2, 0.25) is 0 Å². The Morgan fingerprint density at radius 1 is 1.08 bits per heavy atom. The summed E-state index contributed by atoms with van der Waals surface area (Å²) in [6.45, 7) is 2.89. The largest absolute Gasteiger partial charge is 0.451 e. The summed E-state index contributed by atoms with van der Waals surface area (Å²) in [6.07, 6.45) is -1.02. The molecular formula is C19H19ClN2O4. The Hall–Kier alpha value is -2.86. The van der Waals surface area contributed by atoms with Crippen LogP contribution in [0, 0.1) is 6.92 Å². The van der Waals surface area contributed by atoms with E-state index in [0.717, 1.165) is 5.56 Å². The minimum Gasteiger partial charge on any atom is -0.451 e. The van der Waals surface area contributed by atoms with Gasteiger partial charge in [-0.25, -0.2) is 0 Å². The molecule has 0 saturated carbocycles. The van der Waals surface area contributed by atoms with Gasteiger partial charge < -0.3 is 15.4 Å². The smallest absolute Gasteiger partial charge is 0.326 e. The third-order valence-electron chi connectivity index (χ3n) is 3.63. The molecule has 0 spiro atoms. The number of ether oxygens (including phenoxy) is 1. The Morgan fingerprint density at radius 2 is 1.77 bits per heavy atom. The van der Waals surface area contributed by atoms with Crippen molar-refractivity contribution < 1.29 is 19.1 Å². The van der Waals surface area contributed by atoms with Crippen molar-refractivity contribution in [2.75, 3.05) is 11.9 Å². The van der Waals surface area contributed by atoms with Crippen molar-refractivity contribution in [1.29, 1.82) is 0 Å². The van der Waals surface area contributed by atoms with Crippen LogP contribution in [0.1, 0.15) is 22.8 Å². The van der Waals surface area contributed by atoms with Crippen molar-refractivity contribution in [1.82, 2.24) is 5.32 Å². The van der Waals surface area contributed by atoms with Crippen LogP contribution in [-0.2, 0) is 14.3 Å². The molecule has 0 aliphatic rings. The highest BCUT2D eigenvalue weighted by atomic mass is 35.5. The van der Waals surface area contributed by atoms with E-state index < -0.39 is 23.9 Å². The van der Waals surface area contributed by atoms with Crippen LogP contribution in [0.15, 0.2) is 48.5 Å². The van der Waals surface area contributed by atoms with Crippen molar-refractivity contribution in [3.63, 3.8) is 0 Å². The lowest BCUT2D eigenvalue weighted by atomic mass is 10.2. The molecule has 6 nitrogen and oxygen atoms in total. The minimum absolute atomic E-state index is 0.332. The predicted octanol–water partition coefficient (Wildman–Crippen LogP) is 2.95. The topological polar surface area (TPSA) is 84.5 Å². The van der Waals surface area contributed by atoms with Crippen molar-refractivity contribution in [2.24, 2.45) is 0 Å². The average Bonchev–Trinajstić information content (AvgIpc) is 2.64. The number of esters is 1. The number of amides is 2. The maximum atomic E-state index is 12.2. The molecule has 2 aromatic rings. The number of hydrogen-bond acceptors (Lipinski definition) is 4. The lowest BCUT2D eigenvalue weighted by molar-refractivity contribution is -0.152. The Balaban J connectivity index is 1.83. The molecule has 0 fully saturated rings. The lowest BCUT2D eigenvalue weighted by Crippen LogP contribution is -2.35. The summed E-state index contributed by atoms with van der Waals surface area (Å²) in [5.41, 5.74) is 1.70. The van der Waals surface area contributed by atoms with Crippen LogP contribution in [0.4, 0.5) is 5.69 Å². The van der Waals surface area contributed by atoms with E-state index >= 15 is 0 Å². The molecule has 26 heavy (non-hydrogen) atoms. The summed E-state index contributed by atoms with van der Waals surface area (Å²) in [6, 6.07) is 13.6. The van der Waals surface area contributed by atoms with Crippen molar-refractivity contribution >= 4 is 35.1 Å². The van der Waals surface area contributed by atoms with E-state index in [1.165, 1.54) is 6.92 Å². The van der Waals surface area contributed by atoms with E-state index in [1.54, 1.807) is 55.5 Å². The van der Waals surface area contributed by atoms with Gasteiger partial charge in [-0.1, -0.05) is 35.9 Å². The first-order chi connectivity index (χ1) is 12.4. The highest BCUT2D eigenvalue weighted by Gasteiger charge is 2.19. The normalized spacial score (nSPS) is 11.3. The molecule has 1 atom stereocenters. The zero-order valence-electron chi connectivity index (χ0n) is 14.4. The molecule has 2 rings (SSSR count). The number of halogens is 1. The number of carbonyl (C=O) groups is 3. The van der Waals surface area contributed by atoms with E-state index in [2.05, 4.69) is 10.6 Å². The molecule has 0 bridgehead atoms. The number of nitrogens with one attached hydrogen (secondary N) is 2. The van der Waals surface area contributed by atoms with E-state index in [4.69, 9.17) is 16.3 Å².